The Kier molecular flexibility index (Phi) is 4.48. The lowest BCUT2D eigenvalue weighted by molar-refractivity contribution is 0.164. The Morgan fingerprint density at radius 2 is 2.00 bits per heavy atom. The van der Waals surface area contributed by atoms with Crippen molar-refractivity contribution in [2.45, 2.75) is 45.3 Å². The predicted molar refractivity (Wildman–Crippen MR) is 79.3 cm³/mol. The molecular weight excluding hydrogens is 236 g/mol. The number of nitrogens with two attached hydrogens (primary N) is 1. The van der Waals surface area contributed by atoms with Crippen LogP contribution in [0.4, 0.5) is 0 Å². The number of benzene rings is 1. The molecule has 1 heterocycles. The number of likely N-dealkylation sites (tertiary alicyclic amines) is 1. The lowest BCUT2D eigenvalue weighted by atomic mass is 9.97. The van der Waals surface area contributed by atoms with Crippen LogP contribution < -0.4 is 10.5 Å². The van der Waals surface area contributed by atoms with E-state index in [-0.39, 0.29) is 12.1 Å². The zero-order valence-electron chi connectivity index (χ0n) is 12.5. The monoisotopic (exact) mass is 262 g/mol. The molecule has 1 aliphatic rings. The van der Waals surface area contributed by atoms with Crippen LogP contribution in [0.2, 0.25) is 0 Å². The van der Waals surface area contributed by atoms with Gasteiger partial charge in [-0.2, -0.15) is 0 Å². The van der Waals surface area contributed by atoms with E-state index in [1.165, 1.54) is 12.0 Å². The van der Waals surface area contributed by atoms with E-state index in [1.807, 2.05) is 12.1 Å². The molecule has 1 aromatic rings. The Balaban J connectivity index is 2.35. The van der Waals surface area contributed by atoms with Gasteiger partial charge in [0, 0.05) is 24.2 Å². The van der Waals surface area contributed by atoms with Gasteiger partial charge < -0.3 is 10.5 Å². The van der Waals surface area contributed by atoms with E-state index >= 15 is 0 Å². The van der Waals surface area contributed by atoms with E-state index in [0.717, 1.165) is 18.2 Å². The Bertz CT molecular complexity index is 419. The van der Waals surface area contributed by atoms with Crippen LogP contribution in [0, 0.1) is 5.92 Å². The van der Waals surface area contributed by atoms with E-state index < -0.39 is 0 Å². The molecule has 4 atom stereocenters. The summed E-state index contributed by atoms with van der Waals surface area (Å²) in [5, 5.41) is 0. The molecule has 2 N–H and O–H groups in total. The average molecular weight is 262 g/mol. The summed E-state index contributed by atoms with van der Waals surface area (Å²) < 4.78 is 5.52. The highest BCUT2D eigenvalue weighted by molar-refractivity contribution is 5.37. The average Bonchev–Trinajstić information content (AvgIpc) is 2.69. The van der Waals surface area contributed by atoms with Crippen LogP contribution in [0.1, 0.15) is 38.8 Å². The Labute approximate surface area is 116 Å². The normalized spacial score (nSPS) is 27.2. The topological polar surface area (TPSA) is 38.5 Å². The zero-order valence-corrected chi connectivity index (χ0v) is 12.5. The molecule has 3 nitrogen and oxygen atoms in total. The van der Waals surface area contributed by atoms with Gasteiger partial charge in [0.15, 0.2) is 0 Å². The summed E-state index contributed by atoms with van der Waals surface area (Å²) in [6.07, 6.45) is 1.25. The summed E-state index contributed by atoms with van der Waals surface area (Å²) in [6.45, 7) is 7.82. The number of ether oxygens (including phenoxy) is 1. The molecule has 2 rings (SSSR count). The van der Waals surface area contributed by atoms with Crippen molar-refractivity contribution < 1.29 is 4.74 Å². The number of methoxy groups -OCH3 is 1. The van der Waals surface area contributed by atoms with Gasteiger partial charge in [-0.15, -0.1) is 0 Å². The molecule has 0 bridgehead atoms. The van der Waals surface area contributed by atoms with Gasteiger partial charge in [0.25, 0.3) is 0 Å². The van der Waals surface area contributed by atoms with E-state index in [0.29, 0.717) is 6.04 Å². The van der Waals surface area contributed by atoms with Crippen molar-refractivity contribution in [2.75, 3.05) is 13.7 Å². The largest absolute Gasteiger partial charge is 0.496 e. The van der Waals surface area contributed by atoms with Gasteiger partial charge >= 0.3 is 0 Å². The van der Waals surface area contributed by atoms with Crippen LogP contribution in [0.15, 0.2) is 24.3 Å². The molecule has 0 spiro atoms. The minimum absolute atomic E-state index is 0.0871. The van der Waals surface area contributed by atoms with Gasteiger partial charge in [0.2, 0.25) is 0 Å². The van der Waals surface area contributed by atoms with Crippen molar-refractivity contribution in [3.8, 4) is 5.75 Å². The molecule has 3 heteroatoms. The predicted octanol–water partition coefficient (Wildman–Crippen LogP) is 2.81. The fourth-order valence-electron chi connectivity index (χ4n) is 3.39. The molecule has 0 aromatic heterocycles. The minimum Gasteiger partial charge on any atom is -0.496 e. The Morgan fingerprint density at radius 1 is 1.32 bits per heavy atom. The van der Waals surface area contributed by atoms with Crippen LogP contribution in [0.5, 0.6) is 5.75 Å². The highest BCUT2D eigenvalue weighted by atomic mass is 16.5. The standard InChI is InChI=1S/C16H26N2O/c1-11-9-12(2)18(10-11)16(13(3)17)14-7-5-6-8-15(14)19-4/h5-8,11-13,16H,9-10,17H2,1-4H3. The highest BCUT2D eigenvalue weighted by Crippen LogP contribution is 2.37. The van der Waals surface area contributed by atoms with Crippen LogP contribution in [0.3, 0.4) is 0 Å². The van der Waals surface area contributed by atoms with E-state index in [1.54, 1.807) is 7.11 Å². The minimum atomic E-state index is 0.0871. The van der Waals surface area contributed by atoms with Crippen molar-refractivity contribution in [1.29, 1.82) is 0 Å². The van der Waals surface area contributed by atoms with Crippen molar-refractivity contribution in [3.05, 3.63) is 29.8 Å². The summed E-state index contributed by atoms with van der Waals surface area (Å²) in [5.41, 5.74) is 7.49. The molecule has 0 amide bonds. The Hall–Kier alpha value is -1.06. The second-order valence-electron chi connectivity index (χ2n) is 5.93. The first kappa shape index (κ1) is 14.4. The molecule has 106 valence electrons. The second kappa shape index (κ2) is 5.93. The van der Waals surface area contributed by atoms with Crippen molar-refractivity contribution in [3.63, 3.8) is 0 Å². The molecule has 0 radical (unpaired) electrons. The molecule has 1 fully saturated rings. The first-order valence-corrected chi connectivity index (χ1v) is 7.18. The van der Waals surface area contributed by atoms with Crippen LogP contribution in [0.25, 0.3) is 0 Å². The zero-order chi connectivity index (χ0) is 14.0. The lowest BCUT2D eigenvalue weighted by Crippen LogP contribution is -2.41. The van der Waals surface area contributed by atoms with Gasteiger partial charge in [-0.05, 0) is 32.3 Å². The summed E-state index contributed by atoms with van der Waals surface area (Å²) >= 11 is 0. The number of nitrogens with zero attached hydrogens (tertiary/aromatic N) is 1. The summed E-state index contributed by atoms with van der Waals surface area (Å²) in [4.78, 5) is 2.53. The van der Waals surface area contributed by atoms with Gasteiger partial charge in [-0.1, -0.05) is 25.1 Å². The summed E-state index contributed by atoms with van der Waals surface area (Å²) in [7, 11) is 1.73. The second-order valence-corrected chi connectivity index (χ2v) is 5.93. The molecule has 1 saturated heterocycles. The fraction of sp³-hybridized carbons (Fsp3) is 0.625. The Morgan fingerprint density at radius 3 is 2.53 bits per heavy atom. The van der Waals surface area contributed by atoms with Crippen molar-refractivity contribution in [1.82, 2.24) is 4.90 Å². The van der Waals surface area contributed by atoms with Crippen molar-refractivity contribution >= 4 is 0 Å². The van der Waals surface area contributed by atoms with Gasteiger partial charge in [-0.3, -0.25) is 4.90 Å². The smallest absolute Gasteiger partial charge is 0.123 e. The fourth-order valence-corrected chi connectivity index (χ4v) is 3.39. The number of para-hydroxylation sites is 1. The first-order valence-electron chi connectivity index (χ1n) is 7.18. The third-order valence-corrected chi connectivity index (χ3v) is 4.15. The summed E-state index contributed by atoms with van der Waals surface area (Å²) in [5.74, 6) is 1.68. The summed E-state index contributed by atoms with van der Waals surface area (Å²) in [6, 6.07) is 9.14. The van der Waals surface area contributed by atoms with Crippen LogP contribution >= 0.6 is 0 Å². The van der Waals surface area contributed by atoms with Gasteiger partial charge in [0.1, 0.15) is 5.75 Å². The molecule has 1 aromatic carbocycles. The maximum Gasteiger partial charge on any atom is 0.123 e. The third kappa shape index (κ3) is 2.93. The number of hydrogen-bond acceptors (Lipinski definition) is 3. The SMILES string of the molecule is COc1ccccc1C(C(C)N)N1CC(C)CC1C. The van der Waals surface area contributed by atoms with E-state index in [9.17, 15) is 0 Å². The molecular formula is C16H26N2O. The maximum absolute atomic E-state index is 6.28. The van der Waals surface area contributed by atoms with Crippen LogP contribution in [-0.4, -0.2) is 30.6 Å². The molecule has 0 saturated carbocycles. The first-order chi connectivity index (χ1) is 9.04. The van der Waals surface area contributed by atoms with Gasteiger partial charge in [-0.25, -0.2) is 0 Å². The van der Waals surface area contributed by atoms with Crippen molar-refractivity contribution in [2.24, 2.45) is 11.7 Å². The molecule has 1 aliphatic heterocycles. The molecule has 19 heavy (non-hydrogen) atoms. The number of hydrogen-bond donors (Lipinski definition) is 1. The lowest BCUT2D eigenvalue weighted by Gasteiger charge is -2.35. The molecule has 4 unspecified atom stereocenters. The van der Waals surface area contributed by atoms with E-state index in [4.69, 9.17) is 10.5 Å². The maximum atomic E-state index is 6.28. The van der Waals surface area contributed by atoms with E-state index in [2.05, 4.69) is 37.8 Å². The van der Waals surface area contributed by atoms with Gasteiger partial charge in [0.05, 0.1) is 13.2 Å². The highest BCUT2D eigenvalue weighted by Gasteiger charge is 2.35. The number of rotatable bonds is 4. The van der Waals surface area contributed by atoms with Crippen LogP contribution in [-0.2, 0) is 0 Å². The quantitative estimate of drug-likeness (QED) is 0.907. The molecule has 0 aliphatic carbocycles. The third-order valence-electron chi connectivity index (χ3n) is 4.15.